The lowest BCUT2D eigenvalue weighted by atomic mass is 9.99. The number of benzene rings is 1. The Morgan fingerprint density at radius 1 is 1.28 bits per heavy atom. The highest BCUT2D eigenvalue weighted by atomic mass is 16.5. The van der Waals surface area contributed by atoms with Crippen LogP contribution < -0.4 is 15.4 Å². The number of carbonyl (C=O) groups excluding carboxylic acids is 2. The van der Waals surface area contributed by atoms with Gasteiger partial charge in [0, 0.05) is 12.6 Å². The molecule has 2 aromatic rings. The van der Waals surface area contributed by atoms with E-state index in [0.29, 0.717) is 29.4 Å². The second-order valence-corrected chi connectivity index (χ2v) is 5.94. The van der Waals surface area contributed by atoms with Crippen molar-refractivity contribution in [2.24, 2.45) is 5.73 Å². The van der Waals surface area contributed by atoms with E-state index in [4.69, 9.17) is 15.2 Å². The average molecular weight is 340 g/mol. The Morgan fingerprint density at radius 2 is 2.08 bits per heavy atom. The molecule has 0 spiro atoms. The number of aromatic nitrogens is 2. The number of para-hydroxylation sites is 2. The van der Waals surface area contributed by atoms with E-state index < -0.39 is 11.8 Å². The fourth-order valence-electron chi connectivity index (χ4n) is 3.12. The van der Waals surface area contributed by atoms with Crippen LogP contribution in [0.5, 0.6) is 5.75 Å². The number of likely N-dealkylation sites (N-methyl/N-ethyl adjacent to an activating group) is 1. The van der Waals surface area contributed by atoms with Gasteiger partial charge in [0.15, 0.2) is 0 Å². The number of hydrogen-bond donors (Lipinski definition) is 1. The van der Waals surface area contributed by atoms with Crippen molar-refractivity contribution in [1.29, 1.82) is 0 Å². The summed E-state index contributed by atoms with van der Waals surface area (Å²) in [5.74, 6) is -1.08. The second-order valence-electron chi connectivity index (χ2n) is 5.94. The van der Waals surface area contributed by atoms with Gasteiger partial charge in [0.1, 0.15) is 18.3 Å². The lowest BCUT2D eigenvalue weighted by Crippen LogP contribution is -2.34. The summed E-state index contributed by atoms with van der Waals surface area (Å²) in [4.78, 5) is 34.5. The molecule has 2 amide bonds. The average Bonchev–Trinajstić information content (AvgIpc) is 3.05. The van der Waals surface area contributed by atoms with Crippen LogP contribution >= 0.6 is 0 Å². The summed E-state index contributed by atoms with van der Waals surface area (Å²) in [6.45, 7) is 0.676. The van der Waals surface area contributed by atoms with E-state index in [1.54, 1.807) is 11.9 Å². The van der Waals surface area contributed by atoms with E-state index >= 15 is 0 Å². The smallest absolute Gasteiger partial charge is 0.286 e. The van der Waals surface area contributed by atoms with Crippen molar-refractivity contribution in [2.75, 3.05) is 18.6 Å². The van der Waals surface area contributed by atoms with Gasteiger partial charge in [-0.3, -0.25) is 9.59 Å². The molecular formula is C17H16N4O4. The van der Waals surface area contributed by atoms with Gasteiger partial charge in [0.25, 0.3) is 5.91 Å². The van der Waals surface area contributed by atoms with Gasteiger partial charge in [-0.05, 0) is 12.1 Å². The highest BCUT2D eigenvalue weighted by molar-refractivity contribution is 5.99. The molecule has 3 heterocycles. The Morgan fingerprint density at radius 3 is 2.88 bits per heavy atom. The van der Waals surface area contributed by atoms with Crippen LogP contribution in [0.15, 0.2) is 24.3 Å². The van der Waals surface area contributed by atoms with Crippen LogP contribution in [0.25, 0.3) is 0 Å². The molecule has 1 aromatic carbocycles. The van der Waals surface area contributed by atoms with Gasteiger partial charge in [-0.15, -0.1) is 0 Å². The molecule has 0 unspecified atom stereocenters. The molecule has 1 aromatic heterocycles. The van der Waals surface area contributed by atoms with Gasteiger partial charge < -0.3 is 20.1 Å². The topological polar surface area (TPSA) is 108 Å². The molecule has 8 nitrogen and oxygen atoms in total. The molecule has 8 heteroatoms. The van der Waals surface area contributed by atoms with Crippen molar-refractivity contribution >= 4 is 17.5 Å². The third-order valence-electron chi connectivity index (χ3n) is 4.42. The number of rotatable bonds is 2. The van der Waals surface area contributed by atoms with Gasteiger partial charge in [0.05, 0.1) is 30.3 Å². The zero-order valence-corrected chi connectivity index (χ0v) is 13.6. The van der Waals surface area contributed by atoms with Crippen LogP contribution in [0.4, 0.5) is 5.69 Å². The second kappa shape index (κ2) is 5.82. The third-order valence-corrected chi connectivity index (χ3v) is 4.42. The first-order valence-electron chi connectivity index (χ1n) is 7.83. The van der Waals surface area contributed by atoms with Gasteiger partial charge in [0.2, 0.25) is 11.7 Å². The number of amides is 2. The van der Waals surface area contributed by atoms with Gasteiger partial charge >= 0.3 is 0 Å². The summed E-state index contributed by atoms with van der Waals surface area (Å²) in [6, 6.07) is 7.31. The number of ether oxygens (including phenoxy) is 2. The van der Waals surface area contributed by atoms with E-state index in [2.05, 4.69) is 9.97 Å². The molecule has 0 fully saturated rings. The maximum atomic E-state index is 13.0. The van der Waals surface area contributed by atoms with Crippen LogP contribution in [-0.4, -0.2) is 35.4 Å². The molecule has 0 saturated heterocycles. The maximum Gasteiger partial charge on any atom is 0.286 e. The minimum Gasteiger partial charge on any atom is -0.490 e. The zero-order valence-electron chi connectivity index (χ0n) is 13.6. The Balaban J connectivity index is 1.81. The Bertz CT molecular complexity index is 883. The first kappa shape index (κ1) is 15.5. The largest absolute Gasteiger partial charge is 0.490 e. The first-order valence-corrected chi connectivity index (χ1v) is 7.83. The number of hydrogen-bond acceptors (Lipinski definition) is 6. The highest BCUT2D eigenvalue weighted by Crippen LogP contribution is 2.35. The van der Waals surface area contributed by atoms with Crippen LogP contribution in [0.1, 0.15) is 33.5 Å². The van der Waals surface area contributed by atoms with Gasteiger partial charge in [-0.1, -0.05) is 12.1 Å². The summed E-state index contributed by atoms with van der Waals surface area (Å²) < 4.78 is 11.3. The monoisotopic (exact) mass is 340 g/mol. The molecule has 0 radical (unpaired) electrons. The molecule has 0 aliphatic carbocycles. The standard InChI is InChI=1S/C17H16N4O4/c1-21-12-4-2-3-5-13(12)25-7-10(17(21)23)14-9-6-24-8-11(9)19-16(20-14)15(18)22/h2-5,10H,6-8H2,1H3,(H2,18,22)/t10-/m1/s1. The minimum absolute atomic E-state index is 0.113. The molecule has 0 bridgehead atoms. The minimum atomic E-state index is -0.741. The highest BCUT2D eigenvalue weighted by Gasteiger charge is 2.35. The summed E-state index contributed by atoms with van der Waals surface area (Å²) in [5, 5.41) is 0. The van der Waals surface area contributed by atoms with Crippen molar-refractivity contribution in [3.8, 4) is 5.75 Å². The SMILES string of the molecule is CN1C(=O)[C@@H](c2nc(C(N)=O)nc3c2COC3)COc2ccccc21. The van der Waals surface area contributed by atoms with Crippen LogP contribution in [0, 0.1) is 0 Å². The number of fused-ring (bicyclic) bond motifs is 2. The molecule has 1 atom stereocenters. The fraction of sp³-hybridized carbons (Fsp3) is 0.294. The molecule has 2 N–H and O–H groups in total. The molecular weight excluding hydrogens is 324 g/mol. The van der Waals surface area contributed by atoms with E-state index in [9.17, 15) is 9.59 Å². The van der Waals surface area contributed by atoms with Crippen LogP contribution in [0.2, 0.25) is 0 Å². The lowest BCUT2D eigenvalue weighted by molar-refractivity contribution is -0.120. The number of nitrogens with zero attached hydrogens (tertiary/aromatic N) is 3. The van der Waals surface area contributed by atoms with E-state index in [1.807, 2.05) is 24.3 Å². The van der Waals surface area contributed by atoms with Crippen molar-refractivity contribution in [3.63, 3.8) is 0 Å². The Kier molecular flexibility index (Phi) is 3.61. The molecule has 128 valence electrons. The fourth-order valence-corrected chi connectivity index (χ4v) is 3.12. The first-order chi connectivity index (χ1) is 12.1. The quantitative estimate of drug-likeness (QED) is 0.864. The van der Waals surface area contributed by atoms with Gasteiger partial charge in [-0.25, -0.2) is 9.97 Å². The molecule has 2 aliphatic heterocycles. The summed E-state index contributed by atoms with van der Waals surface area (Å²) in [5.41, 5.74) is 7.79. The van der Waals surface area contributed by atoms with E-state index in [1.165, 1.54) is 0 Å². The third kappa shape index (κ3) is 2.51. The summed E-state index contributed by atoms with van der Waals surface area (Å²) in [7, 11) is 1.69. The zero-order chi connectivity index (χ0) is 17.6. The summed E-state index contributed by atoms with van der Waals surface area (Å²) in [6.07, 6.45) is 0. The van der Waals surface area contributed by atoms with E-state index in [-0.39, 0.29) is 24.9 Å². The number of carbonyl (C=O) groups is 2. The molecule has 4 rings (SSSR count). The molecule has 2 aliphatic rings. The van der Waals surface area contributed by atoms with Crippen molar-refractivity contribution < 1.29 is 19.1 Å². The van der Waals surface area contributed by atoms with Crippen LogP contribution in [0.3, 0.4) is 0 Å². The number of anilines is 1. The predicted octanol–water partition coefficient (Wildman–Crippen LogP) is 0.745. The van der Waals surface area contributed by atoms with Crippen LogP contribution in [-0.2, 0) is 22.7 Å². The van der Waals surface area contributed by atoms with Crippen molar-refractivity contribution in [2.45, 2.75) is 19.1 Å². The Hall–Kier alpha value is -3.00. The summed E-state index contributed by atoms with van der Waals surface area (Å²) >= 11 is 0. The predicted molar refractivity (Wildman–Crippen MR) is 87.1 cm³/mol. The number of primary amides is 1. The lowest BCUT2D eigenvalue weighted by Gasteiger charge is -2.20. The maximum absolute atomic E-state index is 13.0. The normalized spacial score (nSPS) is 19.0. The molecule has 25 heavy (non-hydrogen) atoms. The van der Waals surface area contributed by atoms with Crippen molar-refractivity contribution in [1.82, 2.24) is 9.97 Å². The van der Waals surface area contributed by atoms with Gasteiger partial charge in [-0.2, -0.15) is 0 Å². The molecule has 0 saturated carbocycles. The number of nitrogens with two attached hydrogens (primary N) is 1. The van der Waals surface area contributed by atoms with Crippen molar-refractivity contribution in [3.05, 3.63) is 47.0 Å². The van der Waals surface area contributed by atoms with E-state index in [0.717, 1.165) is 5.56 Å². The Labute approximate surface area is 143 Å².